The molecule has 1 aliphatic rings. The van der Waals surface area contributed by atoms with Crippen molar-refractivity contribution in [2.24, 2.45) is 11.8 Å². The Hall–Kier alpha value is -2.98. The van der Waals surface area contributed by atoms with E-state index in [1.54, 1.807) is 13.8 Å². The van der Waals surface area contributed by atoms with Crippen LogP contribution in [0, 0.1) is 39.5 Å². The molecule has 1 fully saturated rings. The van der Waals surface area contributed by atoms with Crippen molar-refractivity contribution in [2.45, 2.75) is 84.4 Å². The molecule has 0 radical (unpaired) electrons. The van der Waals surface area contributed by atoms with Crippen LogP contribution in [-0.2, 0) is 14.3 Å². The molecule has 9 nitrogen and oxygen atoms in total. The molecule has 0 saturated carbocycles. The third-order valence-corrected chi connectivity index (χ3v) is 8.65. The molecule has 1 saturated heterocycles. The number of H-pyrrole nitrogens is 1. The summed E-state index contributed by atoms with van der Waals surface area (Å²) in [5, 5.41) is 3.97. The van der Waals surface area contributed by atoms with E-state index in [0.717, 1.165) is 33.5 Å². The maximum absolute atomic E-state index is 12.2. The molecule has 37 heavy (non-hydrogen) atoms. The van der Waals surface area contributed by atoms with Gasteiger partial charge in [0.1, 0.15) is 11.5 Å². The Labute approximate surface area is 221 Å². The van der Waals surface area contributed by atoms with Gasteiger partial charge in [-0.1, -0.05) is 44.7 Å². The Morgan fingerprint density at radius 2 is 1.84 bits per heavy atom. The molecule has 2 N–H and O–H groups in total. The van der Waals surface area contributed by atoms with Gasteiger partial charge in [-0.15, -0.1) is 0 Å². The number of anilines is 2. The first kappa shape index (κ1) is 27.1. The molecule has 10 heteroatoms. The minimum absolute atomic E-state index is 0.0656. The highest BCUT2D eigenvalue weighted by molar-refractivity contribution is 8.00. The molecule has 2 aromatic heterocycles. The molecule has 3 heterocycles. The van der Waals surface area contributed by atoms with Crippen LogP contribution in [-0.4, -0.2) is 43.5 Å². The number of nitrogens with zero attached hydrogens (tertiary/aromatic N) is 3. The Morgan fingerprint density at radius 1 is 1.11 bits per heavy atom. The van der Waals surface area contributed by atoms with E-state index in [1.807, 2.05) is 26.0 Å². The highest BCUT2D eigenvalue weighted by Crippen LogP contribution is 2.43. The van der Waals surface area contributed by atoms with E-state index in [1.165, 1.54) is 18.7 Å². The smallest absolute Gasteiger partial charge is 0.303 e. The number of hydrogen-bond donors (Lipinski definition) is 2. The van der Waals surface area contributed by atoms with Crippen LogP contribution in [0.2, 0.25) is 0 Å². The van der Waals surface area contributed by atoms with Crippen molar-refractivity contribution < 1.29 is 14.3 Å². The van der Waals surface area contributed by atoms with Gasteiger partial charge in [0.05, 0.1) is 17.3 Å². The summed E-state index contributed by atoms with van der Waals surface area (Å²) in [5.74, 6) is 0.693. The van der Waals surface area contributed by atoms with Crippen molar-refractivity contribution in [3.63, 3.8) is 0 Å². The lowest BCUT2D eigenvalue weighted by atomic mass is 9.83. The zero-order valence-corrected chi connectivity index (χ0v) is 23.4. The monoisotopic (exact) mass is 525 g/mol. The number of thioether (sulfide) groups is 1. The molecule has 2 unspecified atom stereocenters. The number of esters is 1. The quantitative estimate of drug-likeness (QED) is 0.423. The Bertz CT molecular complexity index is 1390. The third-order valence-electron chi connectivity index (χ3n) is 7.28. The average Bonchev–Trinajstić information content (AvgIpc) is 2.83. The maximum atomic E-state index is 12.2. The van der Waals surface area contributed by atoms with Gasteiger partial charge in [-0.3, -0.25) is 19.9 Å². The van der Waals surface area contributed by atoms with Gasteiger partial charge >= 0.3 is 5.97 Å². The molecule has 3 aromatic rings. The molecule has 5 atom stereocenters. The van der Waals surface area contributed by atoms with Crippen LogP contribution in [0.5, 0.6) is 0 Å². The van der Waals surface area contributed by atoms with Crippen molar-refractivity contribution >= 4 is 40.5 Å². The predicted octanol–water partition coefficient (Wildman–Crippen LogP) is 5.12. The van der Waals surface area contributed by atoms with Gasteiger partial charge in [-0.2, -0.15) is 0 Å². The second-order valence-electron chi connectivity index (χ2n) is 9.85. The zero-order chi connectivity index (χ0) is 27.0. The Balaban J connectivity index is 1.76. The lowest BCUT2D eigenvalue weighted by Gasteiger charge is -2.43. The van der Waals surface area contributed by atoms with Gasteiger partial charge in [0.15, 0.2) is 0 Å². The molecule has 198 valence electrons. The lowest BCUT2D eigenvalue weighted by molar-refractivity contribution is -0.176. The first-order valence-corrected chi connectivity index (χ1v) is 13.5. The Kier molecular flexibility index (Phi) is 7.89. The molecular formula is C27H35N5O4S. The summed E-state index contributed by atoms with van der Waals surface area (Å²) in [6, 6.07) is 4.05. The fourth-order valence-electron chi connectivity index (χ4n) is 4.73. The molecule has 1 aromatic carbocycles. The summed E-state index contributed by atoms with van der Waals surface area (Å²) >= 11 is 1.54. The summed E-state index contributed by atoms with van der Waals surface area (Å²) in [7, 11) is 0. The van der Waals surface area contributed by atoms with Crippen LogP contribution in [0.3, 0.4) is 0 Å². The molecule has 0 aliphatic carbocycles. The highest BCUT2D eigenvalue weighted by Gasteiger charge is 2.43. The van der Waals surface area contributed by atoms with Gasteiger partial charge in [0.2, 0.25) is 11.9 Å². The number of ether oxygens (including phenoxy) is 2. The van der Waals surface area contributed by atoms with Gasteiger partial charge in [-0.05, 0) is 45.6 Å². The number of hydrogen-bond acceptors (Lipinski definition) is 9. The number of carbonyl (C=O) groups is 1. The summed E-state index contributed by atoms with van der Waals surface area (Å²) in [4.78, 5) is 41.7. The van der Waals surface area contributed by atoms with Crippen molar-refractivity contribution in [3.05, 3.63) is 45.0 Å². The Morgan fingerprint density at radius 3 is 2.49 bits per heavy atom. The van der Waals surface area contributed by atoms with Crippen molar-refractivity contribution in [3.8, 4) is 0 Å². The number of aromatic amines is 1. The standard InChI is InChI=1S/C27H35N5O4S/c1-9-20-13(3)14(4)22(35-18(8)33)25(36-20)37-23-12(2)10-11-19-17(7)29-26(30-21(19)23)32-27-28-16(6)15(5)24(34)31-27/h10-11,13-14,20,22,25H,9H2,1-8H3,(H2,28,29,30,31,32,34)/t13-,14-,20?,22?,25-/m0/s1. The number of nitrogens with one attached hydrogen (secondary N) is 2. The molecule has 1 aliphatic heterocycles. The largest absolute Gasteiger partial charge is 0.459 e. The first-order chi connectivity index (χ1) is 17.5. The van der Waals surface area contributed by atoms with Gasteiger partial charge in [0.25, 0.3) is 5.56 Å². The van der Waals surface area contributed by atoms with E-state index in [0.29, 0.717) is 17.2 Å². The van der Waals surface area contributed by atoms with Crippen LogP contribution in [0.1, 0.15) is 56.6 Å². The van der Waals surface area contributed by atoms with Crippen LogP contribution in [0.15, 0.2) is 21.8 Å². The molecule has 0 bridgehead atoms. The molecule has 4 rings (SSSR count). The summed E-state index contributed by atoms with van der Waals surface area (Å²) in [6.07, 6.45) is 0.552. The van der Waals surface area contributed by atoms with E-state index in [4.69, 9.17) is 14.5 Å². The second-order valence-corrected chi connectivity index (χ2v) is 11.0. The van der Waals surface area contributed by atoms with E-state index in [9.17, 15) is 9.59 Å². The number of aryl methyl sites for hydroxylation is 3. The fourth-order valence-corrected chi connectivity index (χ4v) is 6.12. The maximum Gasteiger partial charge on any atom is 0.303 e. The second kappa shape index (κ2) is 10.8. The van der Waals surface area contributed by atoms with Crippen LogP contribution in [0.4, 0.5) is 11.9 Å². The van der Waals surface area contributed by atoms with Gasteiger partial charge in [-0.25, -0.2) is 15.0 Å². The number of aromatic nitrogens is 4. The van der Waals surface area contributed by atoms with E-state index < -0.39 is 0 Å². The van der Waals surface area contributed by atoms with Crippen LogP contribution < -0.4 is 10.9 Å². The molecular weight excluding hydrogens is 490 g/mol. The first-order valence-electron chi connectivity index (χ1n) is 12.6. The third kappa shape index (κ3) is 5.50. The number of benzene rings is 1. The van der Waals surface area contributed by atoms with Crippen molar-refractivity contribution in [1.29, 1.82) is 0 Å². The van der Waals surface area contributed by atoms with Crippen LogP contribution in [0.25, 0.3) is 10.9 Å². The van der Waals surface area contributed by atoms with Crippen molar-refractivity contribution in [1.82, 2.24) is 19.9 Å². The molecule has 0 amide bonds. The topological polar surface area (TPSA) is 119 Å². The lowest BCUT2D eigenvalue weighted by Crippen LogP contribution is -2.49. The van der Waals surface area contributed by atoms with Crippen molar-refractivity contribution in [2.75, 3.05) is 5.32 Å². The summed E-state index contributed by atoms with van der Waals surface area (Å²) < 4.78 is 12.3. The van der Waals surface area contributed by atoms with E-state index >= 15 is 0 Å². The van der Waals surface area contributed by atoms with Gasteiger partial charge in [0, 0.05) is 34.4 Å². The summed E-state index contributed by atoms with van der Waals surface area (Å²) in [5.41, 5.74) is 3.19. The summed E-state index contributed by atoms with van der Waals surface area (Å²) in [6.45, 7) is 15.3. The number of fused-ring (bicyclic) bond motifs is 1. The van der Waals surface area contributed by atoms with Gasteiger partial charge < -0.3 is 9.47 Å². The minimum Gasteiger partial charge on any atom is -0.459 e. The fraction of sp³-hybridized carbons (Fsp3) is 0.519. The zero-order valence-electron chi connectivity index (χ0n) is 22.6. The van der Waals surface area contributed by atoms with E-state index in [2.05, 4.69) is 41.0 Å². The van der Waals surface area contributed by atoms with Crippen LogP contribution >= 0.6 is 11.8 Å². The highest BCUT2D eigenvalue weighted by atomic mass is 32.2. The normalized spacial score (nSPS) is 23.7. The SMILES string of the molecule is CCC1O[C@@H](Sc2c(C)ccc3c(C)nc(Nc4nc(C)c(C)c(=O)[nH]4)nc23)C(OC(C)=O)[C@@H](C)[C@@H]1C. The average molecular weight is 526 g/mol. The van der Waals surface area contributed by atoms with E-state index in [-0.39, 0.29) is 47.0 Å². The number of carbonyl (C=O) groups excluding carboxylic acids is 1. The predicted molar refractivity (Wildman–Crippen MR) is 145 cm³/mol. The molecule has 0 spiro atoms. The number of rotatable bonds is 6. The minimum atomic E-state index is -0.389.